The van der Waals surface area contributed by atoms with Gasteiger partial charge in [-0.25, -0.2) is 17.7 Å². The molecule has 1 amide bonds. The van der Waals surface area contributed by atoms with Gasteiger partial charge >= 0.3 is 0 Å². The molecule has 0 aliphatic heterocycles. The topological polar surface area (TPSA) is 116 Å². The number of rotatable bonds is 5. The van der Waals surface area contributed by atoms with Gasteiger partial charge in [-0.05, 0) is 45.8 Å². The van der Waals surface area contributed by atoms with Crippen molar-refractivity contribution in [3.8, 4) is 5.75 Å². The second kappa shape index (κ2) is 7.06. The van der Waals surface area contributed by atoms with E-state index in [4.69, 9.17) is 10.5 Å². The van der Waals surface area contributed by atoms with Gasteiger partial charge in [0.05, 0.1) is 24.4 Å². The summed E-state index contributed by atoms with van der Waals surface area (Å²) < 4.78 is 34.1. The molecule has 2 heterocycles. The highest BCUT2D eigenvalue weighted by atomic mass is 79.9. The fraction of sp³-hybridized carbons (Fsp3) is 0.125. The first-order valence-electron chi connectivity index (χ1n) is 7.42. The van der Waals surface area contributed by atoms with Crippen molar-refractivity contribution in [3.05, 3.63) is 58.3 Å². The van der Waals surface area contributed by atoms with E-state index in [0.29, 0.717) is 15.7 Å². The molecule has 136 valence electrons. The van der Waals surface area contributed by atoms with E-state index in [2.05, 4.69) is 25.8 Å². The minimum Gasteiger partial charge on any atom is -0.497 e. The molecular weight excluding hydrogens is 424 g/mol. The Kier molecular flexibility index (Phi) is 4.99. The number of ether oxygens (including phenoxy) is 1. The van der Waals surface area contributed by atoms with Crippen LogP contribution in [0.2, 0.25) is 0 Å². The number of nitrogens with one attached hydrogen (secondary N) is 1. The average Bonchev–Trinajstić information content (AvgIpc) is 3.04. The molecule has 0 unspecified atom stereocenters. The minimum atomic E-state index is -4.12. The number of hydrogen-bond acceptors (Lipinski definition) is 6. The summed E-state index contributed by atoms with van der Waals surface area (Å²) >= 11 is 3.18. The summed E-state index contributed by atoms with van der Waals surface area (Å²) in [6, 6.07) is 7.91. The van der Waals surface area contributed by atoms with Gasteiger partial charge in [0.25, 0.3) is 15.9 Å². The Morgan fingerprint density at radius 3 is 2.81 bits per heavy atom. The van der Waals surface area contributed by atoms with Gasteiger partial charge < -0.3 is 10.5 Å². The summed E-state index contributed by atoms with van der Waals surface area (Å²) in [6.07, 6.45) is 2.96. The third-order valence-corrected chi connectivity index (χ3v) is 6.05. The molecule has 0 saturated carbocycles. The minimum absolute atomic E-state index is 0.107. The number of halogens is 1. The molecule has 0 bridgehead atoms. The second-order valence-corrected chi connectivity index (χ2v) is 7.86. The van der Waals surface area contributed by atoms with Crippen LogP contribution in [0.3, 0.4) is 0 Å². The Balaban J connectivity index is 1.97. The molecule has 3 rings (SSSR count). The Labute approximate surface area is 158 Å². The SMILES string of the molecule is COc1ccc(Br)c(S(=O)(=O)NC(=O)c2cnn3ccc(CN)cc23)c1. The second-order valence-electron chi connectivity index (χ2n) is 5.36. The van der Waals surface area contributed by atoms with E-state index in [1.807, 2.05) is 0 Å². The fourth-order valence-electron chi connectivity index (χ4n) is 2.37. The number of nitrogens with zero attached hydrogens (tertiary/aromatic N) is 2. The molecule has 0 aliphatic carbocycles. The third-order valence-electron chi connectivity index (χ3n) is 3.72. The number of methoxy groups -OCH3 is 1. The van der Waals surface area contributed by atoms with Gasteiger partial charge in [-0.3, -0.25) is 4.79 Å². The molecular formula is C16H15BrN4O4S. The standard InChI is InChI=1S/C16H15BrN4O4S/c1-25-11-2-3-13(17)15(7-11)26(23,24)20-16(22)12-9-19-21-5-4-10(8-18)6-14(12)21/h2-7,9H,8,18H2,1H3,(H,20,22). The number of nitrogens with two attached hydrogens (primary N) is 1. The Hall–Kier alpha value is -2.43. The van der Waals surface area contributed by atoms with Crippen LogP contribution in [0, 0.1) is 0 Å². The van der Waals surface area contributed by atoms with Crippen molar-refractivity contribution < 1.29 is 17.9 Å². The van der Waals surface area contributed by atoms with Gasteiger partial charge in [0.2, 0.25) is 0 Å². The molecule has 10 heteroatoms. The lowest BCUT2D eigenvalue weighted by Crippen LogP contribution is -2.30. The number of carbonyl (C=O) groups is 1. The smallest absolute Gasteiger partial charge is 0.268 e. The van der Waals surface area contributed by atoms with Crippen molar-refractivity contribution in [2.24, 2.45) is 5.73 Å². The van der Waals surface area contributed by atoms with Gasteiger partial charge in [-0.2, -0.15) is 5.10 Å². The zero-order valence-corrected chi connectivity index (χ0v) is 16.0. The average molecular weight is 439 g/mol. The molecule has 1 aromatic carbocycles. The van der Waals surface area contributed by atoms with Crippen molar-refractivity contribution in [2.75, 3.05) is 7.11 Å². The number of amides is 1. The normalized spacial score (nSPS) is 11.5. The van der Waals surface area contributed by atoms with E-state index in [-0.39, 0.29) is 17.0 Å². The number of carbonyl (C=O) groups excluding carboxylic acids is 1. The van der Waals surface area contributed by atoms with Crippen LogP contribution < -0.4 is 15.2 Å². The van der Waals surface area contributed by atoms with E-state index in [9.17, 15) is 13.2 Å². The van der Waals surface area contributed by atoms with Crippen LogP contribution in [0.5, 0.6) is 5.75 Å². The lowest BCUT2D eigenvalue weighted by atomic mass is 10.2. The van der Waals surface area contributed by atoms with E-state index >= 15 is 0 Å². The van der Waals surface area contributed by atoms with Crippen molar-refractivity contribution >= 4 is 37.4 Å². The molecule has 3 N–H and O–H groups in total. The fourth-order valence-corrected chi connectivity index (χ4v) is 4.32. The van der Waals surface area contributed by atoms with Crippen LogP contribution in [0.25, 0.3) is 5.52 Å². The maximum atomic E-state index is 12.6. The highest BCUT2D eigenvalue weighted by molar-refractivity contribution is 9.10. The van der Waals surface area contributed by atoms with Gasteiger partial charge in [0, 0.05) is 23.3 Å². The van der Waals surface area contributed by atoms with Crippen LogP contribution >= 0.6 is 15.9 Å². The number of benzene rings is 1. The van der Waals surface area contributed by atoms with Crippen LogP contribution in [-0.4, -0.2) is 31.0 Å². The van der Waals surface area contributed by atoms with E-state index < -0.39 is 15.9 Å². The predicted molar refractivity (Wildman–Crippen MR) is 98.4 cm³/mol. The third kappa shape index (κ3) is 3.43. The van der Waals surface area contributed by atoms with Crippen LogP contribution in [-0.2, 0) is 16.6 Å². The summed E-state index contributed by atoms with van der Waals surface area (Å²) in [5.74, 6) is -0.437. The van der Waals surface area contributed by atoms with Gasteiger partial charge in [0.1, 0.15) is 10.6 Å². The molecule has 0 saturated heterocycles. The van der Waals surface area contributed by atoms with Crippen LogP contribution in [0.1, 0.15) is 15.9 Å². The molecule has 8 nitrogen and oxygen atoms in total. The Morgan fingerprint density at radius 2 is 2.12 bits per heavy atom. The van der Waals surface area contributed by atoms with Crippen LogP contribution in [0.4, 0.5) is 0 Å². The van der Waals surface area contributed by atoms with E-state index in [1.165, 1.54) is 30.0 Å². The first-order valence-corrected chi connectivity index (χ1v) is 9.70. The molecule has 0 fully saturated rings. The monoisotopic (exact) mass is 438 g/mol. The number of hydrogen-bond donors (Lipinski definition) is 2. The quantitative estimate of drug-likeness (QED) is 0.625. The Bertz CT molecular complexity index is 1090. The maximum Gasteiger partial charge on any atom is 0.268 e. The van der Waals surface area contributed by atoms with E-state index in [0.717, 1.165) is 5.56 Å². The largest absolute Gasteiger partial charge is 0.497 e. The Morgan fingerprint density at radius 1 is 1.35 bits per heavy atom. The summed E-state index contributed by atoms with van der Waals surface area (Å²) in [5.41, 5.74) is 7.00. The summed E-state index contributed by atoms with van der Waals surface area (Å²) in [5, 5.41) is 4.05. The maximum absolute atomic E-state index is 12.6. The van der Waals surface area contributed by atoms with Gasteiger partial charge in [-0.15, -0.1) is 0 Å². The van der Waals surface area contributed by atoms with Crippen molar-refractivity contribution in [1.82, 2.24) is 14.3 Å². The predicted octanol–water partition coefficient (Wildman–Crippen LogP) is 1.68. The first-order chi connectivity index (χ1) is 12.4. The summed E-state index contributed by atoms with van der Waals surface area (Å²) in [7, 11) is -2.70. The number of sulfonamides is 1. The zero-order chi connectivity index (χ0) is 18.9. The number of fused-ring (bicyclic) bond motifs is 1. The lowest BCUT2D eigenvalue weighted by Gasteiger charge is -2.10. The van der Waals surface area contributed by atoms with Crippen molar-refractivity contribution in [1.29, 1.82) is 0 Å². The molecule has 2 aromatic heterocycles. The molecule has 0 aliphatic rings. The molecule has 0 radical (unpaired) electrons. The summed E-state index contributed by atoms with van der Waals surface area (Å²) in [4.78, 5) is 12.4. The molecule has 3 aromatic rings. The van der Waals surface area contributed by atoms with E-state index in [1.54, 1.807) is 24.4 Å². The molecule has 26 heavy (non-hydrogen) atoms. The number of pyridine rings is 1. The number of aromatic nitrogens is 2. The summed E-state index contributed by atoms with van der Waals surface area (Å²) in [6.45, 7) is 0.289. The first kappa shape index (κ1) is 18.4. The van der Waals surface area contributed by atoms with Gasteiger partial charge in [0.15, 0.2) is 0 Å². The molecule has 0 atom stereocenters. The van der Waals surface area contributed by atoms with Gasteiger partial charge in [-0.1, -0.05) is 0 Å². The highest BCUT2D eigenvalue weighted by Crippen LogP contribution is 2.26. The van der Waals surface area contributed by atoms with Crippen molar-refractivity contribution in [3.63, 3.8) is 0 Å². The zero-order valence-electron chi connectivity index (χ0n) is 13.6. The molecule has 0 spiro atoms. The van der Waals surface area contributed by atoms with Crippen LogP contribution in [0.15, 0.2) is 52.1 Å². The van der Waals surface area contributed by atoms with Crippen molar-refractivity contribution in [2.45, 2.75) is 11.4 Å². The lowest BCUT2D eigenvalue weighted by molar-refractivity contribution is 0.0983. The highest BCUT2D eigenvalue weighted by Gasteiger charge is 2.24.